The van der Waals surface area contributed by atoms with Crippen LogP contribution in [0.15, 0.2) is 18.2 Å². The molecule has 0 saturated heterocycles. The molecule has 0 aliphatic heterocycles. The second-order valence-corrected chi connectivity index (χ2v) is 4.96. The predicted molar refractivity (Wildman–Crippen MR) is 67.8 cm³/mol. The van der Waals surface area contributed by atoms with Gasteiger partial charge >= 0.3 is 0 Å². The number of halogens is 1. The van der Waals surface area contributed by atoms with Gasteiger partial charge in [-0.05, 0) is 43.9 Å². The minimum Gasteiger partial charge on any atom is -1.00 e. The number of carbonyl (C=O) groups is 1. The highest BCUT2D eigenvalue weighted by molar-refractivity contribution is 5.97. The van der Waals surface area contributed by atoms with Gasteiger partial charge in [0.1, 0.15) is 6.54 Å². The first-order chi connectivity index (χ1) is 8.66. The number of ketones is 1. The highest BCUT2D eigenvalue weighted by atomic mass is 35.5. The number of phenols is 2. The lowest BCUT2D eigenvalue weighted by Gasteiger charge is -2.19. The maximum atomic E-state index is 11.9. The molecule has 0 atom stereocenters. The Morgan fingerprint density at radius 2 is 1.84 bits per heavy atom. The number of rotatable bonds is 4. The van der Waals surface area contributed by atoms with E-state index in [0.29, 0.717) is 18.2 Å². The zero-order chi connectivity index (χ0) is 13.0. The molecule has 0 radical (unpaired) electrons. The van der Waals surface area contributed by atoms with Gasteiger partial charge in [0.05, 0.1) is 6.04 Å². The van der Waals surface area contributed by atoms with Gasteiger partial charge < -0.3 is 27.9 Å². The number of hydrogen-bond donors (Lipinski definition) is 3. The van der Waals surface area contributed by atoms with Crippen molar-refractivity contribution in [2.45, 2.75) is 38.1 Å². The Balaban J connectivity index is 0.00000180. The minimum absolute atomic E-state index is 0. The van der Waals surface area contributed by atoms with Crippen LogP contribution in [0.4, 0.5) is 0 Å². The third kappa shape index (κ3) is 4.40. The molecule has 0 bridgehead atoms. The van der Waals surface area contributed by atoms with Crippen molar-refractivity contribution in [3.63, 3.8) is 0 Å². The molecule has 1 aromatic rings. The van der Waals surface area contributed by atoms with E-state index in [0.717, 1.165) is 0 Å². The smallest absolute Gasteiger partial charge is 0.216 e. The summed E-state index contributed by atoms with van der Waals surface area (Å²) >= 11 is 0. The molecule has 1 aliphatic carbocycles. The Labute approximate surface area is 119 Å². The molecule has 0 heterocycles. The first-order valence-corrected chi connectivity index (χ1v) is 6.55. The molecule has 4 nitrogen and oxygen atoms in total. The van der Waals surface area contributed by atoms with Crippen LogP contribution in [0.25, 0.3) is 0 Å². The maximum Gasteiger partial charge on any atom is 0.216 e. The molecule has 0 aromatic heterocycles. The largest absolute Gasteiger partial charge is 1.00 e. The molecule has 1 aromatic carbocycles. The van der Waals surface area contributed by atoms with Crippen LogP contribution in [0.3, 0.4) is 0 Å². The number of hydrogen-bond acceptors (Lipinski definition) is 3. The second kappa shape index (κ2) is 7.36. The Morgan fingerprint density at radius 3 is 2.47 bits per heavy atom. The van der Waals surface area contributed by atoms with Gasteiger partial charge in [-0.15, -0.1) is 0 Å². The van der Waals surface area contributed by atoms with E-state index in [2.05, 4.69) is 5.32 Å². The molecular formula is C14H20ClNO3. The number of Topliss-reactive ketones (excluding diaryl/α,β-unsaturated/α-hetero) is 1. The van der Waals surface area contributed by atoms with Crippen molar-refractivity contribution < 1.29 is 32.7 Å². The van der Waals surface area contributed by atoms with Crippen molar-refractivity contribution in [3.05, 3.63) is 23.8 Å². The van der Waals surface area contributed by atoms with Crippen molar-refractivity contribution in [1.82, 2.24) is 0 Å². The fourth-order valence-corrected chi connectivity index (χ4v) is 2.46. The Kier molecular flexibility index (Phi) is 6.12. The highest BCUT2D eigenvalue weighted by Crippen LogP contribution is 2.24. The molecular weight excluding hydrogens is 266 g/mol. The first-order valence-electron chi connectivity index (χ1n) is 6.55. The zero-order valence-electron chi connectivity index (χ0n) is 10.8. The number of benzene rings is 1. The van der Waals surface area contributed by atoms with Crippen LogP contribution in [0.5, 0.6) is 11.5 Å². The van der Waals surface area contributed by atoms with E-state index in [4.69, 9.17) is 0 Å². The molecule has 19 heavy (non-hydrogen) atoms. The summed E-state index contributed by atoms with van der Waals surface area (Å²) in [5, 5.41) is 20.6. The van der Waals surface area contributed by atoms with E-state index in [1.807, 2.05) is 0 Å². The van der Waals surface area contributed by atoms with E-state index in [1.165, 1.54) is 44.2 Å². The van der Waals surface area contributed by atoms with Gasteiger partial charge in [0.25, 0.3) is 0 Å². The molecule has 2 rings (SSSR count). The molecule has 1 fully saturated rings. The molecule has 0 unspecified atom stereocenters. The van der Waals surface area contributed by atoms with Gasteiger partial charge in [0.2, 0.25) is 5.78 Å². The third-order valence-electron chi connectivity index (χ3n) is 3.58. The van der Waals surface area contributed by atoms with Crippen molar-refractivity contribution in [3.8, 4) is 11.5 Å². The standard InChI is InChI=1S/C14H19NO3.ClH/c16-12-7-6-10(8-13(12)17)14(18)9-15-11-4-2-1-3-5-11;/h6-8,11,15-17H,1-5,9H2;1H. The van der Waals surface area contributed by atoms with E-state index in [9.17, 15) is 15.0 Å². The summed E-state index contributed by atoms with van der Waals surface area (Å²) in [7, 11) is 0. The Morgan fingerprint density at radius 1 is 1.16 bits per heavy atom. The molecule has 0 spiro atoms. The molecule has 5 heteroatoms. The fourth-order valence-electron chi connectivity index (χ4n) is 2.46. The van der Waals surface area contributed by atoms with Gasteiger partial charge in [-0.1, -0.05) is 6.42 Å². The summed E-state index contributed by atoms with van der Waals surface area (Å²) in [5.41, 5.74) is 0.456. The van der Waals surface area contributed by atoms with Crippen LogP contribution in [-0.2, 0) is 0 Å². The van der Waals surface area contributed by atoms with Gasteiger partial charge in [-0.25, -0.2) is 0 Å². The number of aromatic hydroxyl groups is 2. The number of quaternary nitrogens is 1. The van der Waals surface area contributed by atoms with E-state index < -0.39 is 0 Å². The topological polar surface area (TPSA) is 74.1 Å². The van der Waals surface area contributed by atoms with E-state index >= 15 is 0 Å². The van der Waals surface area contributed by atoms with Crippen LogP contribution in [0, 0.1) is 0 Å². The zero-order valence-corrected chi connectivity index (χ0v) is 11.6. The molecule has 1 saturated carbocycles. The predicted octanol–water partition coefficient (Wildman–Crippen LogP) is -1.82. The summed E-state index contributed by atoms with van der Waals surface area (Å²) in [6, 6.07) is 4.79. The van der Waals surface area contributed by atoms with E-state index in [1.54, 1.807) is 6.07 Å². The Bertz CT molecular complexity index is 431. The van der Waals surface area contributed by atoms with Gasteiger partial charge in [-0.2, -0.15) is 0 Å². The third-order valence-corrected chi connectivity index (χ3v) is 3.58. The fraction of sp³-hybridized carbons (Fsp3) is 0.500. The van der Waals surface area contributed by atoms with Crippen molar-refractivity contribution in [2.24, 2.45) is 0 Å². The lowest BCUT2D eigenvalue weighted by molar-refractivity contribution is -0.680. The van der Waals surface area contributed by atoms with Crippen LogP contribution in [0.1, 0.15) is 42.5 Å². The molecule has 4 N–H and O–H groups in total. The summed E-state index contributed by atoms with van der Waals surface area (Å²) in [6.07, 6.45) is 6.21. The van der Waals surface area contributed by atoms with Crippen LogP contribution >= 0.6 is 0 Å². The number of nitrogens with two attached hydrogens (primary N) is 1. The quantitative estimate of drug-likeness (QED) is 0.451. The van der Waals surface area contributed by atoms with Crippen LogP contribution in [-0.4, -0.2) is 28.6 Å². The maximum absolute atomic E-state index is 11.9. The SMILES string of the molecule is O=C(C[NH2+]C1CCCCC1)c1ccc(O)c(O)c1.[Cl-]. The summed E-state index contributed by atoms with van der Waals surface area (Å²) in [5.74, 6) is -0.433. The van der Waals surface area contributed by atoms with Crippen molar-refractivity contribution >= 4 is 5.78 Å². The average molecular weight is 286 g/mol. The van der Waals surface area contributed by atoms with Crippen LogP contribution in [0.2, 0.25) is 0 Å². The average Bonchev–Trinajstić information content (AvgIpc) is 2.40. The second-order valence-electron chi connectivity index (χ2n) is 4.96. The van der Waals surface area contributed by atoms with Gasteiger partial charge in [0.15, 0.2) is 11.5 Å². The lowest BCUT2D eigenvalue weighted by Crippen LogP contribution is -3.00. The van der Waals surface area contributed by atoms with Gasteiger partial charge in [-0.3, -0.25) is 4.79 Å². The number of phenolic OH excluding ortho intramolecular Hbond substituents is 2. The molecule has 1 aliphatic rings. The summed E-state index contributed by atoms with van der Waals surface area (Å²) < 4.78 is 0. The highest BCUT2D eigenvalue weighted by Gasteiger charge is 2.18. The van der Waals surface area contributed by atoms with Crippen molar-refractivity contribution in [2.75, 3.05) is 6.54 Å². The van der Waals surface area contributed by atoms with Crippen LogP contribution < -0.4 is 17.7 Å². The number of carbonyl (C=O) groups excluding carboxylic acids is 1. The first kappa shape index (κ1) is 15.8. The summed E-state index contributed by atoms with van der Waals surface area (Å²) in [6.45, 7) is 0.412. The normalized spacial score (nSPS) is 15.8. The van der Waals surface area contributed by atoms with E-state index in [-0.39, 0.29) is 29.7 Å². The minimum atomic E-state index is -0.237. The Hall–Kier alpha value is -1.26. The molecule has 106 valence electrons. The lowest BCUT2D eigenvalue weighted by atomic mass is 9.95. The monoisotopic (exact) mass is 285 g/mol. The van der Waals surface area contributed by atoms with Gasteiger partial charge in [0, 0.05) is 5.56 Å². The molecule has 0 amide bonds. The summed E-state index contributed by atoms with van der Waals surface area (Å²) in [4.78, 5) is 11.9. The van der Waals surface area contributed by atoms with Crippen molar-refractivity contribution in [1.29, 1.82) is 0 Å².